The van der Waals surface area contributed by atoms with Gasteiger partial charge in [-0.2, -0.15) is 5.10 Å². The lowest BCUT2D eigenvalue weighted by atomic mass is 10.1. The summed E-state index contributed by atoms with van der Waals surface area (Å²) in [5.74, 6) is 2.46. The number of nitrogens with zero attached hydrogens (tertiary/aromatic N) is 6. The van der Waals surface area contributed by atoms with Crippen LogP contribution in [0, 0.1) is 19.8 Å². The second-order valence-electron chi connectivity index (χ2n) is 8.23. The molecular weight excluding hydrogens is 523 g/mol. The summed E-state index contributed by atoms with van der Waals surface area (Å²) < 4.78 is 4.20. The van der Waals surface area contributed by atoms with Gasteiger partial charge in [0.05, 0.1) is 5.69 Å². The minimum atomic E-state index is 0. The topological polar surface area (TPSA) is 84.9 Å². The molecule has 0 aliphatic carbocycles. The molecule has 176 valence electrons. The fourth-order valence-corrected chi connectivity index (χ4v) is 4.08. The van der Waals surface area contributed by atoms with Gasteiger partial charge in [0, 0.05) is 45.3 Å². The van der Waals surface area contributed by atoms with Crippen LogP contribution < -0.4 is 10.6 Å². The highest BCUT2D eigenvalue weighted by atomic mass is 127. The largest absolute Gasteiger partial charge is 0.356 e. The summed E-state index contributed by atoms with van der Waals surface area (Å²) in [5.41, 5.74) is 3.63. The molecule has 0 fully saturated rings. The number of hydrogen-bond donors (Lipinski definition) is 2. The van der Waals surface area contributed by atoms with Gasteiger partial charge in [0.25, 0.3) is 0 Å². The predicted octanol–water partition coefficient (Wildman–Crippen LogP) is 3.35. The van der Waals surface area contributed by atoms with Crippen molar-refractivity contribution in [1.29, 1.82) is 0 Å². The van der Waals surface area contributed by atoms with Gasteiger partial charge in [0.2, 0.25) is 0 Å². The Balaban J connectivity index is 0.00000480. The van der Waals surface area contributed by atoms with E-state index in [-0.39, 0.29) is 30.0 Å². The molecule has 2 N–H and O–H groups in total. The summed E-state index contributed by atoms with van der Waals surface area (Å²) in [4.78, 5) is 4.38. The van der Waals surface area contributed by atoms with E-state index >= 15 is 0 Å². The number of nitrogens with one attached hydrogen (secondary N) is 2. The third-order valence-electron chi connectivity index (χ3n) is 5.17. The normalized spacial score (nSPS) is 12.7. The minimum Gasteiger partial charge on any atom is -0.356 e. The van der Waals surface area contributed by atoms with Crippen molar-refractivity contribution in [3.8, 4) is 0 Å². The third kappa shape index (κ3) is 7.96. The summed E-state index contributed by atoms with van der Waals surface area (Å²) in [6, 6.07) is 0.260. The van der Waals surface area contributed by atoms with Crippen LogP contribution in [-0.2, 0) is 26.4 Å². The molecule has 0 aromatic carbocycles. The number of aliphatic imine (C=N–C) groups is 1. The Morgan fingerprint density at radius 3 is 2.45 bits per heavy atom. The first-order chi connectivity index (χ1) is 14.3. The first-order valence-electron chi connectivity index (χ1n) is 10.7. The molecule has 1 atom stereocenters. The van der Waals surface area contributed by atoms with Crippen LogP contribution in [0.15, 0.2) is 10.1 Å². The van der Waals surface area contributed by atoms with Crippen molar-refractivity contribution in [3.63, 3.8) is 0 Å². The Bertz CT molecular complexity index is 843. The molecule has 8 nitrogen and oxygen atoms in total. The first-order valence-corrected chi connectivity index (χ1v) is 11.9. The van der Waals surface area contributed by atoms with E-state index in [2.05, 4.69) is 76.4 Å². The van der Waals surface area contributed by atoms with Crippen molar-refractivity contribution in [2.45, 2.75) is 71.6 Å². The molecule has 2 aromatic heterocycles. The lowest BCUT2D eigenvalue weighted by molar-refractivity contribution is 0.477. The van der Waals surface area contributed by atoms with Crippen molar-refractivity contribution in [2.75, 3.05) is 19.8 Å². The number of halogens is 1. The highest BCUT2D eigenvalue weighted by molar-refractivity contribution is 14.0. The fourth-order valence-electron chi connectivity index (χ4n) is 3.55. The number of aryl methyl sites for hydroxylation is 3. The number of hydrogen-bond acceptors (Lipinski definition) is 5. The van der Waals surface area contributed by atoms with E-state index in [1.165, 1.54) is 11.3 Å². The maximum atomic E-state index is 4.51. The molecule has 0 amide bonds. The average molecular weight is 563 g/mol. The van der Waals surface area contributed by atoms with E-state index in [0.717, 1.165) is 55.0 Å². The second kappa shape index (κ2) is 13.3. The molecule has 0 aliphatic heterocycles. The van der Waals surface area contributed by atoms with Crippen molar-refractivity contribution in [1.82, 2.24) is 35.2 Å². The summed E-state index contributed by atoms with van der Waals surface area (Å²) >= 11 is 1.66. The van der Waals surface area contributed by atoms with Crippen molar-refractivity contribution in [3.05, 3.63) is 22.8 Å². The Hall–Kier alpha value is -1.30. The van der Waals surface area contributed by atoms with Gasteiger partial charge in [-0.25, -0.2) is 0 Å². The monoisotopic (exact) mass is 562 g/mol. The summed E-state index contributed by atoms with van der Waals surface area (Å²) in [5, 5.41) is 21.2. The summed E-state index contributed by atoms with van der Waals surface area (Å²) in [6.45, 7) is 12.6. The molecule has 2 heterocycles. The van der Waals surface area contributed by atoms with Gasteiger partial charge in [-0.05, 0) is 51.3 Å². The smallest absolute Gasteiger partial charge is 0.191 e. The average Bonchev–Trinajstić information content (AvgIpc) is 3.18. The molecule has 0 saturated carbocycles. The van der Waals surface area contributed by atoms with Crippen LogP contribution in [0.5, 0.6) is 0 Å². The van der Waals surface area contributed by atoms with Crippen LogP contribution >= 0.6 is 35.7 Å². The number of guanidine groups is 1. The second-order valence-corrected chi connectivity index (χ2v) is 9.01. The molecule has 31 heavy (non-hydrogen) atoms. The van der Waals surface area contributed by atoms with Gasteiger partial charge in [-0.3, -0.25) is 9.67 Å². The molecule has 2 rings (SSSR count). The molecule has 2 aromatic rings. The molecule has 0 saturated heterocycles. The van der Waals surface area contributed by atoms with Crippen LogP contribution in [-0.4, -0.2) is 56.4 Å². The quantitative estimate of drug-likeness (QED) is 0.152. The predicted molar refractivity (Wildman–Crippen MR) is 141 cm³/mol. The van der Waals surface area contributed by atoms with Gasteiger partial charge >= 0.3 is 0 Å². The van der Waals surface area contributed by atoms with E-state index in [4.69, 9.17) is 0 Å². The van der Waals surface area contributed by atoms with E-state index in [0.29, 0.717) is 5.92 Å². The minimum absolute atomic E-state index is 0. The zero-order valence-corrected chi connectivity index (χ0v) is 23.3. The maximum absolute atomic E-state index is 4.51. The van der Waals surface area contributed by atoms with Crippen molar-refractivity contribution < 1.29 is 0 Å². The number of thioether (sulfide) groups is 1. The molecule has 0 spiro atoms. The Morgan fingerprint density at radius 1 is 1.19 bits per heavy atom. The van der Waals surface area contributed by atoms with Gasteiger partial charge < -0.3 is 15.2 Å². The number of rotatable bonds is 10. The highest BCUT2D eigenvalue weighted by Gasteiger charge is 2.15. The molecule has 0 bridgehead atoms. The fraction of sp³-hybridized carbons (Fsp3) is 0.714. The standard InChI is InChI=1S/C21H38N8S.HI/c1-14(2)13-29-19(25-26-21(29)30-8)10-9-11-23-20(22-6)24-15(3)12-18-16(4)27-28(7)17(18)5;/h14-15H,9-13H2,1-8H3,(H2,22,23,24);1H. The molecule has 10 heteroatoms. The summed E-state index contributed by atoms with van der Waals surface area (Å²) in [7, 11) is 3.81. The lowest BCUT2D eigenvalue weighted by Gasteiger charge is -2.18. The van der Waals surface area contributed by atoms with Crippen LogP contribution in [0.2, 0.25) is 0 Å². The van der Waals surface area contributed by atoms with Crippen LogP contribution in [0.1, 0.15) is 50.0 Å². The SMILES string of the molecule is CN=C(NCCCc1nnc(SC)n1CC(C)C)NC(C)Cc1c(C)nn(C)c1C.I. The van der Waals surface area contributed by atoms with E-state index in [9.17, 15) is 0 Å². The lowest BCUT2D eigenvalue weighted by Crippen LogP contribution is -2.43. The van der Waals surface area contributed by atoms with Gasteiger partial charge in [-0.15, -0.1) is 34.2 Å². The van der Waals surface area contributed by atoms with Crippen LogP contribution in [0.3, 0.4) is 0 Å². The van der Waals surface area contributed by atoms with Crippen LogP contribution in [0.4, 0.5) is 0 Å². The molecule has 0 aliphatic rings. The number of aromatic nitrogens is 5. The van der Waals surface area contributed by atoms with Crippen molar-refractivity contribution in [2.24, 2.45) is 18.0 Å². The van der Waals surface area contributed by atoms with E-state index in [1.54, 1.807) is 11.8 Å². The zero-order valence-electron chi connectivity index (χ0n) is 20.2. The Morgan fingerprint density at radius 2 is 1.90 bits per heavy atom. The van der Waals surface area contributed by atoms with Crippen molar-refractivity contribution >= 4 is 41.7 Å². The first kappa shape index (κ1) is 27.7. The molecular formula is C21H39IN8S. The van der Waals surface area contributed by atoms with E-state index < -0.39 is 0 Å². The highest BCUT2D eigenvalue weighted by Crippen LogP contribution is 2.17. The maximum Gasteiger partial charge on any atom is 0.191 e. The molecule has 0 radical (unpaired) electrons. The Labute approximate surface area is 208 Å². The molecule has 1 unspecified atom stereocenters. The van der Waals surface area contributed by atoms with Gasteiger partial charge in [-0.1, -0.05) is 25.6 Å². The zero-order chi connectivity index (χ0) is 22.3. The van der Waals surface area contributed by atoms with Gasteiger partial charge in [0.1, 0.15) is 5.82 Å². The summed E-state index contributed by atoms with van der Waals surface area (Å²) in [6.07, 6.45) is 4.84. The third-order valence-corrected chi connectivity index (χ3v) is 5.84. The van der Waals surface area contributed by atoms with Crippen LogP contribution in [0.25, 0.3) is 0 Å². The Kier molecular flexibility index (Phi) is 11.9. The van der Waals surface area contributed by atoms with Gasteiger partial charge in [0.15, 0.2) is 11.1 Å². The van der Waals surface area contributed by atoms with E-state index in [1.807, 2.05) is 18.8 Å².